The number of pyridine rings is 3. The summed E-state index contributed by atoms with van der Waals surface area (Å²) in [5.41, 5.74) is 11.6. The normalized spacial score (nSPS) is 11.7. The molecule has 0 saturated carbocycles. The molecule has 0 aliphatic rings. The van der Waals surface area contributed by atoms with Crippen molar-refractivity contribution in [2.45, 2.75) is 89.4 Å². The molecule has 75 heavy (non-hydrogen) atoms. The molecule has 2 amide bonds. The molecule has 2 aromatic carbocycles. The molecule has 7 aromatic rings. The topological polar surface area (TPSA) is 258 Å². The number of ether oxygens (including phenoxy) is 2. The minimum Gasteiger partial charge on any atom is -0.806 e. The lowest BCUT2D eigenvalue weighted by Crippen LogP contribution is -2.51. The number of anilines is 3. The van der Waals surface area contributed by atoms with Gasteiger partial charge in [-0.05, 0) is 110 Å². The summed E-state index contributed by atoms with van der Waals surface area (Å²) >= 11 is 0. The van der Waals surface area contributed by atoms with Crippen LogP contribution in [0, 0.1) is 11.6 Å². The Bertz CT molecular complexity index is 3360. The first-order valence-corrected chi connectivity index (χ1v) is 26.3. The van der Waals surface area contributed by atoms with Gasteiger partial charge in [0.25, 0.3) is 16.0 Å². The zero-order valence-electron chi connectivity index (χ0n) is 43.6. The molecule has 0 saturated heterocycles. The molecule has 0 unspecified atom stereocenters. The van der Waals surface area contributed by atoms with Crippen LogP contribution in [0.5, 0.6) is 11.8 Å². The zero-order valence-corrected chi connectivity index (χ0v) is 45.3. The number of nitrogens with two attached hydrogens (primary N) is 1. The number of urea groups is 1. The number of carbonyl (C=O) groups excluding carboxylic acids is 1. The molecular weight excluding hydrogens is 1010 g/mol. The average Bonchev–Trinajstić information content (AvgIpc) is 4.09. The molecule has 0 spiro atoms. The lowest BCUT2D eigenvalue weighted by Gasteiger charge is -2.19. The summed E-state index contributed by atoms with van der Waals surface area (Å²) in [4.78, 5) is 22.7. The molecule has 7 rings (SSSR count). The Kier molecular flexibility index (Phi) is 19.2. The molecule has 4 N–H and O–H groups in total. The van der Waals surface area contributed by atoms with Gasteiger partial charge in [0.15, 0.2) is 5.03 Å². The highest BCUT2D eigenvalue weighted by Crippen LogP contribution is 2.37. The van der Waals surface area contributed by atoms with E-state index in [1.54, 1.807) is 49.7 Å². The number of amides is 2. The molecular formula is C51H62F2N12O8S2. The maximum atomic E-state index is 14.5. The van der Waals surface area contributed by atoms with Crippen molar-refractivity contribution < 1.29 is 49.6 Å². The number of methoxy groups -OCH3 is 2. The van der Waals surface area contributed by atoms with Crippen molar-refractivity contribution in [2.75, 3.05) is 44.3 Å². The third-order valence-corrected chi connectivity index (χ3v) is 13.4. The number of carbonyl (C=O) groups is 1. The maximum Gasteiger partial charge on any atom is 0.388 e. The quantitative estimate of drug-likeness (QED) is 0.0409. The van der Waals surface area contributed by atoms with E-state index in [1.165, 1.54) is 83.9 Å². The predicted octanol–water partition coefficient (Wildman–Crippen LogP) is 7.68. The van der Waals surface area contributed by atoms with Gasteiger partial charge in [0.2, 0.25) is 16.8 Å². The van der Waals surface area contributed by atoms with Gasteiger partial charge in [-0.2, -0.15) is 27.0 Å². The van der Waals surface area contributed by atoms with E-state index in [2.05, 4.69) is 29.9 Å². The first-order valence-electron chi connectivity index (χ1n) is 23.3. The number of hydrogen-bond donors (Lipinski definition) is 3. The number of nitrogens with one attached hydrogen (secondary N) is 2. The Hall–Kier alpha value is -7.99. The van der Waals surface area contributed by atoms with Gasteiger partial charge in [-0.1, -0.05) is 27.7 Å². The number of sulfonamides is 2. The standard InChI is InChI=1S/C22H26FN5O4S.C15H17FN2O.C14H19N5O3S/c1-13(2)17-11-16(23)12-18(15-6-8-24-19(10-15)32-5)21(17)25-22(29)27-33(30,31)20-7-9-28(26-20)14(3)4;1-9(2)12-7-11(16)8-13(15(12)17)10-4-5-18-14(6-10)19-3;1-11(2)19-10-7-13(15-19)23(21,22)16-14(20)18-8-5-12(6-9-18)17(3)4/h6-14H,1-5H3,(H2,25,27,29);4-9H,17H2,1-3H3;5-11H,1-4H3. The molecule has 5 heterocycles. The first-order chi connectivity index (χ1) is 35.2. The second kappa shape index (κ2) is 24.8. The Balaban J connectivity index is 0.000000218. The Labute approximate surface area is 436 Å². The fourth-order valence-corrected chi connectivity index (χ4v) is 8.70. The van der Waals surface area contributed by atoms with Crippen LogP contribution in [0.4, 0.5) is 30.6 Å². The number of halogens is 2. The van der Waals surface area contributed by atoms with Crippen LogP contribution in [0.25, 0.3) is 22.3 Å². The highest BCUT2D eigenvalue weighted by atomic mass is 32.2. The van der Waals surface area contributed by atoms with Gasteiger partial charge in [-0.3, -0.25) is 9.36 Å². The van der Waals surface area contributed by atoms with Crippen molar-refractivity contribution in [3.8, 4) is 34.0 Å². The molecule has 5 aromatic heterocycles. The van der Waals surface area contributed by atoms with Crippen molar-refractivity contribution in [3.63, 3.8) is 0 Å². The van der Waals surface area contributed by atoms with Crippen LogP contribution in [0.15, 0.2) is 124 Å². The smallest absolute Gasteiger partial charge is 0.388 e. The van der Waals surface area contributed by atoms with E-state index >= 15 is 0 Å². The molecule has 0 fully saturated rings. The van der Waals surface area contributed by atoms with Gasteiger partial charge >= 0.3 is 16.1 Å². The van der Waals surface area contributed by atoms with Crippen LogP contribution in [0.2, 0.25) is 0 Å². The molecule has 0 bridgehead atoms. The Morgan fingerprint density at radius 3 is 1.68 bits per heavy atom. The van der Waals surface area contributed by atoms with Gasteiger partial charge in [-0.15, -0.1) is 0 Å². The second-order valence-electron chi connectivity index (χ2n) is 18.1. The van der Waals surface area contributed by atoms with Crippen LogP contribution in [-0.2, 0) is 20.0 Å². The minimum atomic E-state index is -4.22. The van der Waals surface area contributed by atoms with E-state index < -0.39 is 37.9 Å². The molecule has 0 aliphatic carbocycles. The first kappa shape index (κ1) is 57.9. The van der Waals surface area contributed by atoms with Crippen LogP contribution < -0.4 is 39.8 Å². The van der Waals surface area contributed by atoms with Gasteiger partial charge in [-0.25, -0.2) is 32.8 Å². The van der Waals surface area contributed by atoms with Gasteiger partial charge in [0, 0.05) is 102 Å². The minimum absolute atomic E-state index is 0.0163. The summed E-state index contributed by atoms with van der Waals surface area (Å²) < 4.78 is 97.3. The van der Waals surface area contributed by atoms with Crippen molar-refractivity contribution >= 4 is 49.2 Å². The van der Waals surface area contributed by atoms with Crippen LogP contribution >= 0.6 is 0 Å². The van der Waals surface area contributed by atoms with Crippen LogP contribution in [0.1, 0.15) is 90.4 Å². The highest BCUT2D eigenvalue weighted by Gasteiger charge is 2.26. The average molecular weight is 1070 g/mol. The largest absolute Gasteiger partial charge is 0.806 e. The lowest BCUT2D eigenvalue weighted by molar-refractivity contribution is -0.613. The Morgan fingerprint density at radius 2 is 1.20 bits per heavy atom. The number of benzene rings is 2. The number of rotatable bonds is 14. The van der Waals surface area contributed by atoms with Gasteiger partial charge < -0.3 is 30.5 Å². The molecule has 20 nitrogen and oxygen atoms in total. The van der Waals surface area contributed by atoms with Crippen LogP contribution in [0.3, 0.4) is 0 Å². The number of nitrogens with zero attached hydrogens (tertiary/aromatic N) is 9. The number of hydrogen-bond acceptors (Lipinski definition) is 14. The molecule has 0 atom stereocenters. The summed E-state index contributed by atoms with van der Waals surface area (Å²) in [6.45, 7) is 15.1. The monoisotopic (exact) mass is 1070 g/mol. The fraction of sp³-hybridized carbons (Fsp3) is 0.314. The summed E-state index contributed by atoms with van der Waals surface area (Å²) in [5.74, 6) is -0.00480. The van der Waals surface area contributed by atoms with Crippen molar-refractivity contribution in [1.29, 1.82) is 0 Å². The summed E-state index contributed by atoms with van der Waals surface area (Å²) in [6, 6.07) is 16.4. The summed E-state index contributed by atoms with van der Waals surface area (Å²) in [7, 11) is -1.63. The van der Waals surface area contributed by atoms with E-state index in [4.69, 9.17) is 15.2 Å². The van der Waals surface area contributed by atoms with E-state index in [0.29, 0.717) is 39.7 Å². The third-order valence-electron chi connectivity index (χ3n) is 11.0. The number of aromatic nitrogens is 7. The second-order valence-corrected chi connectivity index (χ2v) is 21.3. The lowest BCUT2D eigenvalue weighted by atomic mass is 9.94. The molecule has 0 radical (unpaired) electrons. The van der Waals surface area contributed by atoms with E-state index in [1.807, 2.05) is 79.1 Å². The predicted molar refractivity (Wildman–Crippen MR) is 281 cm³/mol. The zero-order chi connectivity index (χ0) is 55.5. The summed E-state index contributed by atoms with van der Waals surface area (Å²) in [5, 5.41) is 22.0. The SMILES string of the molecule is CC(C)n1ccc(S(=O)(=O)N=C([O-])[n+]2ccc(N(C)C)cc2)n1.COc1cc(-c2cc(F)cc(C(C)C)c2N)ccn1.COc1cc(-c2cc(F)cc(C(C)C)c2NC(=O)NS(=O)(=O)c2ccn(C(C)C)n2)ccn1. The molecule has 24 heteroatoms. The highest BCUT2D eigenvalue weighted by molar-refractivity contribution is 7.90. The van der Waals surface area contributed by atoms with Gasteiger partial charge in [0.05, 0.1) is 32.3 Å². The van der Waals surface area contributed by atoms with E-state index in [0.717, 1.165) is 21.4 Å². The fourth-order valence-electron chi connectivity index (χ4n) is 7.03. The maximum absolute atomic E-state index is 14.5. The van der Waals surface area contributed by atoms with Crippen molar-refractivity contribution in [2.24, 2.45) is 4.40 Å². The summed E-state index contributed by atoms with van der Waals surface area (Å²) in [6.07, 6.45) is 9.09. The van der Waals surface area contributed by atoms with Gasteiger partial charge in [0.1, 0.15) is 11.6 Å². The van der Waals surface area contributed by atoms with Crippen molar-refractivity contribution in [1.82, 2.24) is 34.3 Å². The Morgan fingerprint density at radius 1 is 0.720 bits per heavy atom. The third kappa shape index (κ3) is 15.1. The van der Waals surface area contributed by atoms with E-state index in [-0.39, 0.29) is 45.5 Å². The molecule has 0 aliphatic heterocycles. The van der Waals surface area contributed by atoms with E-state index in [9.17, 15) is 35.5 Å². The number of nitrogen functional groups attached to an aromatic ring is 1. The van der Waals surface area contributed by atoms with Crippen molar-refractivity contribution in [3.05, 3.63) is 133 Å². The van der Waals surface area contributed by atoms with Crippen LogP contribution in [-0.4, -0.2) is 86.7 Å². The molecule has 400 valence electrons.